The van der Waals surface area contributed by atoms with E-state index in [1.165, 1.54) is 0 Å². The summed E-state index contributed by atoms with van der Waals surface area (Å²) in [6.45, 7) is 3.27. The molecular weight excluding hydrogens is 190 g/mol. The van der Waals surface area contributed by atoms with E-state index < -0.39 is 0 Å². The molecule has 1 atom stereocenters. The maximum atomic E-state index is 12.0. The van der Waals surface area contributed by atoms with Gasteiger partial charge in [0.05, 0.1) is 5.56 Å². The molecule has 0 aliphatic carbocycles. The molecule has 4 nitrogen and oxygen atoms in total. The van der Waals surface area contributed by atoms with Crippen LogP contribution in [0.3, 0.4) is 0 Å². The van der Waals surface area contributed by atoms with Gasteiger partial charge in [-0.1, -0.05) is 0 Å². The largest absolute Gasteiger partial charge is 0.337 e. The molecule has 0 spiro atoms. The van der Waals surface area contributed by atoms with Crippen LogP contribution in [-0.2, 0) is 0 Å². The number of pyridine rings is 1. The summed E-state index contributed by atoms with van der Waals surface area (Å²) in [4.78, 5) is 18.0. The van der Waals surface area contributed by atoms with Crippen LogP contribution in [0.5, 0.6) is 0 Å². The quantitative estimate of drug-likeness (QED) is 0.729. The minimum atomic E-state index is 0.0496. The minimum absolute atomic E-state index is 0.0496. The van der Waals surface area contributed by atoms with Crippen molar-refractivity contribution in [2.75, 3.05) is 13.1 Å². The lowest BCUT2D eigenvalue weighted by atomic mass is 10.2. The SMILES string of the molecule is Cc1ncccc1C(=O)N1CC[C@H](N)C1. The Morgan fingerprint density at radius 3 is 3.07 bits per heavy atom. The molecule has 0 saturated carbocycles. The number of aryl methyl sites for hydroxylation is 1. The Morgan fingerprint density at radius 2 is 2.47 bits per heavy atom. The second-order valence-corrected chi connectivity index (χ2v) is 3.94. The number of hydrogen-bond donors (Lipinski definition) is 1. The summed E-state index contributed by atoms with van der Waals surface area (Å²) >= 11 is 0. The summed E-state index contributed by atoms with van der Waals surface area (Å²) in [5, 5.41) is 0. The van der Waals surface area contributed by atoms with E-state index in [0.29, 0.717) is 12.1 Å². The fraction of sp³-hybridized carbons (Fsp3) is 0.455. The lowest BCUT2D eigenvalue weighted by Gasteiger charge is -2.16. The van der Waals surface area contributed by atoms with Crippen molar-refractivity contribution in [1.29, 1.82) is 0 Å². The third-order valence-electron chi connectivity index (χ3n) is 2.75. The van der Waals surface area contributed by atoms with Crippen LogP contribution >= 0.6 is 0 Å². The van der Waals surface area contributed by atoms with E-state index in [0.717, 1.165) is 18.7 Å². The molecule has 1 aromatic rings. The van der Waals surface area contributed by atoms with Crippen LogP contribution in [0.15, 0.2) is 18.3 Å². The van der Waals surface area contributed by atoms with Gasteiger partial charge in [-0.15, -0.1) is 0 Å². The first-order chi connectivity index (χ1) is 7.18. The highest BCUT2D eigenvalue weighted by Crippen LogP contribution is 2.13. The number of rotatable bonds is 1. The van der Waals surface area contributed by atoms with Gasteiger partial charge in [-0.2, -0.15) is 0 Å². The lowest BCUT2D eigenvalue weighted by Crippen LogP contribution is -2.32. The first-order valence-electron chi connectivity index (χ1n) is 5.15. The maximum absolute atomic E-state index is 12.0. The molecule has 2 rings (SSSR count). The number of carbonyl (C=O) groups is 1. The molecule has 1 amide bonds. The standard InChI is InChI=1S/C11H15N3O/c1-8-10(3-2-5-13-8)11(15)14-6-4-9(12)7-14/h2-3,5,9H,4,6-7,12H2,1H3/t9-/m0/s1. The van der Waals surface area contributed by atoms with Gasteiger partial charge in [0.2, 0.25) is 0 Å². The number of hydrogen-bond acceptors (Lipinski definition) is 3. The number of carbonyl (C=O) groups excluding carboxylic acids is 1. The Balaban J connectivity index is 2.18. The average Bonchev–Trinajstić information content (AvgIpc) is 2.65. The molecule has 15 heavy (non-hydrogen) atoms. The van der Waals surface area contributed by atoms with Gasteiger partial charge in [0.15, 0.2) is 0 Å². The van der Waals surface area contributed by atoms with Crippen molar-refractivity contribution in [2.24, 2.45) is 5.73 Å². The second-order valence-electron chi connectivity index (χ2n) is 3.94. The lowest BCUT2D eigenvalue weighted by molar-refractivity contribution is 0.0789. The summed E-state index contributed by atoms with van der Waals surface area (Å²) in [7, 11) is 0. The molecule has 2 heterocycles. The summed E-state index contributed by atoms with van der Waals surface area (Å²) in [6, 6.07) is 3.73. The van der Waals surface area contributed by atoms with E-state index in [9.17, 15) is 4.79 Å². The summed E-state index contributed by atoms with van der Waals surface area (Å²) < 4.78 is 0. The number of amides is 1. The third-order valence-corrected chi connectivity index (χ3v) is 2.75. The van der Waals surface area contributed by atoms with Crippen LogP contribution in [-0.4, -0.2) is 34.9 Å². The van der Waals surface area contributed by atoms with E-state index in [1.54, 1.807) is 17.2 Å². The fourth-order valence-corrected chi connectivity index (χ4v) is 1.85. The van der Waals surface area contributed by atoms with Crippen LogP contribution in [0, 0.1) is 6.92 Å². The van der Waals surface area contributed by atoms with Crippen molar-refractivity contribution in [3.8, 4) is 0 Å². The number of nitrogens with zero attached hydrogens (tertiary/aromatic N) is 2. The van der Waals surface area contributed by atoms with Crippen LogP contribution in [0.2, 0.25) is 0 Å². The van der Waals surface area contributed by atoms with Gasteiger partial charge in [-0.25, -0.2) is 0 Å². The van der Waals surface area contributed by atoms with E-state index in [2.05, 4.69) is 4.98 Å². The van der Waals surface area contributed by atoms with Crippen molar-refractivity contribution in [3.63, 3.8) is 0 Å². The van der Waals surface area contributed by atoms with Crippen molar-refractivity contribution < 1.29 is 4.79 Å². The van der Waals surface area contributed by atoms with Gasteiger partial charge >= 0.3 is 0 Å². The van der Waals surface area contributed by atoms with Gasteiger partial charge in [0.25, 0.3) is 5.91 Å². The van der Waals surface area contributed by atoms with E-state index >= 15 is 0 Å². The van der Waals surface area contributed by atoms with Crippen molar-refractivity contribution in [2.45, 2.75) is 19.4 Å². The van der Waals surface area contributed by atoms with Gasteiger partial charge in [0.1, 0.15) is 0 Å². The average molecular weight is 205 g/mol. The molecule has 0 radical (unpaired) electrons. The Kier molecular flexibility index (Phi) is 2.68. The fourth-order valence-electron chi connectivity index (χ4n) is 1.85. The highest BCUT2D eigenvalue weighted by molar-refractivity contribution is 5.95. The molecule has 1 aromatic heterocycles. The van der Waals surface area contributed by atoms with Gasteiger partial charge < -0.3 is 10.6 Å². The normalized spacial score (nSPS) is 20.7. The predicted octanol–water partition coefficient (Wildman–Crippen LogP) is 0.563. The summed E-state index contributed by atoms with van der Waals surface area (Å²) in [5.41, 5.74) is 7.24. The molecule has 1 saturated heterocycles. The molecule has 2 N–H and O–H groups in total. The molecule has 0 aromatic carbocycles. The van der Waals surface area contributed by atoms with Crippen LogP contribution in [0.4, 0.5) is 0 Å². The van der Waals surface area contributed by atoms with Crippen molar-refractivity contribution >= 4 is 5.91 Å². The highest BCUT2D eigenvalue weighted by atomic mass is 16.2. The van der Waals surface area contributed by atoms with E-state index in [-0.39, 0.29) is 11.9 Å². The molecular formula is C11H15N3O. The van der Waals surface area contributed by atoms with Gasteiger partial charge in [-0.3, -0.25) is 9.78 Å². The van der Waals surface area contributed by atoms with E-state index in [4.69, 9.17) is 5.73 Å². The second kappa shape index (κ2) is 3.98. The Bertz CT molecular complexity index is 378. The molecule has 1 fully saturated rings. The Labute approximate surface area is 89.1 Å². The topological polar surface area (TPSA) is 59.2 Å². The van der Waals surface area contributed by atoms with Crippen molar-refractivity contribution in [1.82, 2.24) is 9.88 Å². The van der Waals surface area contributed by atoms with Crippen LogP contribution < -0.4 is 5.73 Å². The molecule has 0 unspecified atom stereocenters. The zero-order valence-electron chi connectivity index (χ0n) is 8.81. The Morgan fingerprint density at radius 1 is 1.67 bits per heavy atom. The number of aromatic nitrogens is 1. The zero-order valence-corrected chi connectivity index (χ0v) is 8.81. The number of likely N-dealkylation sites (tertiary alicyclic amines) is 1. The third kappa shape index (κ3) is 1.99. The smallest absolute Gasteiger partial charge is 0.255 e. The monoisotopic (exact) mass is 205 g/mol. The summed E-state index contributed by atoms with van der Waals surface area (Å²) in [6.07, 6.45) is 2.59. The Hall–Kier alpha value is -1.42. The van der Waals surface area contributed by atoms with Crippen molar-refractivity contribution in [3.05, 3.63) is 29.6 Å². The zero-order chi connectivity index (χ0) is 10.8. The van der Waals surface area contributed by atoms with E-state index in [1.807, 2.05) is 13.0 Å². The van der Waals surface area contributed by atoms with Crippen LogP contribution in [0.1, 0.15) is 22.5 Å². The predicted molar refractivity (Wildman–Crippen MR) is 57.5 cm³/mol. The first kappa shape index (κ1) is 10.1. The molecule has 0 bridgehead atoms. The molecule has 4 heteroatoms. The first-order valence-corrected chi connectivity index (χ1v) is 5.15. The summed E-state index contributed by atoms with van der Waals surface area (Å²) in [5.74, 6) is 0.0496. The minimum Gasteiger partial charge on any atom is -0.337 e. The highest BCUT2D eigenvalue weighted by Gasteiger charge is 2.25. The van der Waals surface area contributed by atoms with Gasteiger partial charge in [-0.05, 0) is 25.5 Å². The van der Waals surface area contributed by atoms with Gasteiger partial charge in [0, 0.05) is 31.0 Å². The molecule has 1 aliphatic heterocycles. The number of nitrogens with two attached hydrogens (primary N) is 1. The molecule has 80 valence electrons. The van der Waals surface area contributed by atoms with Crippen LogP contribution in [0.25, 0.3) is 0 Å². The maximum Gasteiger partial charge on any atom is 0.255 e. The molecule has 1 aliphatic rings.